The third-order valence-electron chi connectivity index (χ3n) is 5.47. The van der Waals surface area contributed by atoms with Crippen LogP contribution in [-0.4, -0.2) is 37.4 Å². The Kier molecular flexibility index (Phi) is 19.5. The molecule has 0 atom stereocenters. The van der Waals surface area contributed by atoms with Gasteiger partial charge in [0.05, 0.1) is 15.7 Å². The molecule has 2 aromatic rings. The zero-order valence-corrected chi connectivity index (χ0v) is 27.8. The van der Waals surface area contributed by atoms with Crippen LogP contribution >= 0.6 is 15.9 Å². The molecule has 3 rings (SSSR count). The number of unbranched alkanes of at least 4 members (excludes halogenated alkanes) is 1. The monoisotopic (exact) mass is 702 g/mol. The standard InChI is InChI=1S/C9H19BO3.C8H6F4O.C7H3BrF4O.C4H9.Li/c1-7(2)11-10-12-8(3,4)9(5,6)13-10;1-5-2-3-6(4-7(5)9)13-8(10,11)12;8-5-2-1-4(3-6(5)9)13-7(10,11)12;1-3-4-2;/h7H,1-6H3;2-4H,1H3;1-3H;1,3-4H2,2H3;/q;;;-1;+1. The second-order valence-electron chi connectivity index (χ2n) is 10.2. The summed E-state index contributed by atoms with van der Waals surface area (Å²) < 4.78 is 119. The Hall–Kier alpha value is -1.50. The molecule has 2 aromatic carbocycles. The van der Waals surface area contributed by atoms with Gasteiger partial charge in [-0.2, -0.15) is 6.42 Å². The summed E-state index contributed by atoms with van der Waals surface area (Å²) in [4.78, 5) is 0. The van der Waals surface area contributed by atoms with Crippen LogP contribution in [0.2, 0.25) is 0 Å². The van der Waals surface area contributed by atoms with Crippen molar-refractivity contribution in [3.05, 3.63) is 65.0 Å². The maximum absolute atomic E-state index is 12.7. The van der Waals surface area contributed by atoms with Gasteiger partial charge in [0.15, 0.2) is 0 Å². The molecule has 0 aromatic heterocycles. The van der Waals surface area contributed by atoms with Crippen LogP contribution in [0.3, 0.4) is 0 Å². The molecule has 1 aliphatic rings. The summed E-state index contributed by atoms with van der Waals surface area (Å²) in [5.74, 6) is -2.65. The summed E-state index contributed by atoms with van der Waals surface area (Å²) >= 11 is 2.80. The average molecular weight is 703 g/mol. The number of alkyl halides is 6. The molecule has 0 saturated carbocycles. The number of benzene rings is 2. The Bertz CT molecular complexity index is 1040. The summed E-state index contributed by atoms with van der Waals surface area (Å²) in [6, 6.07) is 5.78. The van der Waals surface area contributed by atoms with E-state index < -0.39 is 43.2 Å². The van der Waals surface area contributed by atoms with Crippen molar-refractivity contribution in [1.29, 1.82) is 0 Å². The van der Waals surface area contributed by atoms with Crippen molar-refractivity contribution in [3.8, 4) is 11.5 Å². The molecule has 5 nitrogen and oxygen atoms in total. The van der Waals surface area contributed by atoms with Gasteiger partial charge in [-0.1, -0.05) is 19.4 Å². The fourth-order valence-electron chi connectivity index (χ4n) is 2.51. The first kappa shape index (κ1) is 44.6. The minimum atomic E-state index is -4.79. The minimum absolute atomic E-state index is 0. The molecule has 0 amide bonds. The van der Waals surface area contributed by atoms with E-state index >= 15 is 0 Å². The number of rotatable bonds is 5. The number of halogens is 9. The summed E-state index contributed by atoms with van der Waals surface area (Å²) in [6.45, 7) is 19.1. The van der Waals surface area contributed by atoms with Crippen LogP contribution in [0.4, 0.5) is 35.1 Å². The second kappa shape index (κ2) is 19.2. The Labute approximate surface area is 274 Å². The van der Waals surface area contributed by atoms with Crippen molar-refractivity contribution in [2.75, 3.05) is 0 Å². The van der Waals surface area contributed by atoms with E-state index in [2.05, 4.69) is 39.3 Å². The average Bonchev–Trinajstić information content (AvgIpc) is 3.02. The van der Waals surface area contributed by atoms with Crippen LogP contribution in [-0.2, 0) is 14.0 Å². The fourth-order valence-corrected chi connectivity index (χ4v) is 2.76. The Morgan fingerprint density at radius 2 is 1.23 bits per heavy atom. The van der Waals surface area contributed by atoms with E-state index in [9.17, 15) is 35.1 Å². The van der Waals surface area contributed by atoms with Crippen LogP contribution in [0.15, 0.2) is 40.9 Å². The fraction of sp³-hybridized carbons (Fsp3) is 0.536. The first-order valence-corrected chi connectivity index (χ1v) is 13.7. The molecular formula is C28H37BBrF8LiO5. The maximum atomic E-state index is 12.7. The molecule has 0 unspecified atom stereocenters. The summed E-state index contributed by atoms with van der Waals surface area (Å²) in [5, 5.41) is 0. The van der Waals surface area contributed by atoms with Crippen LogP contribution in [0, 0.1) is 25.5 Å². The van der Waals surface area contributed by atoms with Gasteiger partial charge in [0.25, 0.3) is 0 Å². The minimum Gasteiger partial charge on any atom is -0.406 e. The van der Waals surface area contributed by atoms with E-state index in [1.807, 2.05) is 41.5 Å². The van der Waals surface area contributed by atoms with Crippen LogP contribution in [0.5, 0.6) is 11.5 Å². The molecule has 16 heteroatoms. The molecule has 1 fully saturated rings. The van der Waals surface area contributed by atoms with Gasteiger partial charge in [0.1, 0.15) is 23.1 Å². The van der Waals surface area contributed by atoms with Crippen molar-refractivity contribution in [2.24, 2.45) is 0 Å². The molecule has 0 radical (unpaired) electrons. The molecule has 246 valence electrons. The predicted molar refractivity (Wildman–Crippen MR) is 151 cm³/mol. The Balaban J connectivity index is 0. The van der Waals surface area contributed by atoms with Gasteiger partial charge in [-0.05, 0) is 88.2 Å². The molecular weight excluding hydrogens is 666 g/mol. The molecule has 44 heavy (non-hydrogen) atoms. The van der Waals surface area contributed by atoms with Crippen LogP contribution in [0.25, 0.3) is 0 Å². The largest absolute Gasteiger partial charge is 1.00 e. The summed E-state index contributed by atoms with van der Waals surface area (Å²) in [6.07, 6.45) is -7.17. The van der Waals surface area contributed by atoms with Gasteiger partial charge in [0.2, 0.25) is 0 Å². The quantitative estimate of drug-likeness (QED) is 0.188. The van der Waals surface area contributed by atoms with Gasteiger partial charge in [-0.15, -0.1) is 26.3 Å². The van der Waals surface area contributed by atoms with Gasteiger partial charge in [-0.3, -0.25) is 0 Å². The SMILES string of the molecule is CC(C)OB1OC(C)(C)C(C)(C)O1.Cc1ccc(OC(F)(F)F)cc1F.Fc1cc(OC(F)(F)F)ccc1Br.[CH2-]CCC.[Li+]. The Morgan fingerprint density at radius 3 is 1.55 bits per heavy atom. The topological polar surface area (TPSA) is 46.2 Å². The molecule has 0 N–H and O–H groups in total. The van der Waals surface area contributed by atoms with E-state index in [-0.39, 0.29) is 46.2 Å². The summed E-state index contributed by atoms with van der Waals surface area (Å²) in [7, 11) is -0.523. The van der Waals surface area contributed by atoms with Crippen LogP contribution in [0.1, 0.15) is 66.9 Å². The molecule has 0 bridgehead atoms. The molecule has 1 saturated heterocycles. The second-order valence-corrected chi connectivity index (χ2v) is 11.0. The number of hydrogen-bond donors (Lipinski definition) is 0. The van der Waals surface area contributed by atoms with Crippen molar-refractivity contribution in [2.45, 2.75) is 98.3 Å². The first-order valence-electron chi connectivity index (χ1n) is 13.0. The smallest absolute Gasteiger partial charge is 0.406 e. The van der Waals surface area contributed by atoms with E-state index in [1.165, 1.54) is 19.4 Å². The third kappa shape index (κ3) is 18.5. The predicted octanol–water partition coefficient (Wildman–Crippen LogP) is 7.14. The first-order chi connectivity index (χ1) is 19.4. The molecule has 0 spiro atoms. The van der Waals surface area contributed by atoms with Crippen molar-refractivity contribution < 1.29 is 77.4 Å². The van der Waals surface area contributed by atoms with Gasteiger partial charge >= 0.3 is 38.9 Å². The van der Waals surface area contributed by atoms with Gasteiger partial charge in [-0.25, -0.2) is 8.78 Å². The van der Waals surface area contributed by atoms with E-state index in [0.29, 0.717) is 12.1 Å². The molecule has 0 aliphatic carbocycles. The van der Waals surface area contributed by atoms with Gasteiger partial charge < -0.3 is 30.4 Å². The van der Waals surface area contributed by atoms with Gasteiger partial charge in [0, 0.05) is 18.2 Å². The van der Waals surface area contributed by atoms with E-state index in [1.54, 1.807) is 0 Å². The normalized spacial score (nSPS) is 15.0. The zero-order chi connectivity index (χ0) is 33.8. The third-order valence-corrected chi connectivity index (χ3v) is 6.11. The van der Waals surface area contributed by atoms with E-state index in [0.717, 1.165) is 24.6 Å². The molecule has 1 heterocycles. The van der Waals surface area contributed by atoms with E-state index in [4.69, 9.17) is 14.0 Å². The maximum Gasteiger partial charge on any atom is 1.00 e. The number of aryl methyl sites for hydroxylation is 1. The zero-order valence-electron chi connectivity index (χ0n) is 26.2. The van der Waals surface area contributed by atoms with Crippen LogP contribution < -0.4 is 28.3 Å². The number of ether oxygens (including phenoxy) is 2. The Morgan fingerprint density at radius 1 is 0.841 bits per heavy atom. The molecule has 1 aliphatic heterocycles. The number of hydrogen-bond acceptors (Lipinski definition) is 5. The van der Waals surface area contributed by atoms with Crippen molar-refractivity contribution in [1.82, 2.24) is 0 Å². The van der Waals surface area contributed by atoms with Crippen molar-refractivity contribution >= 4 is 23.3 Å². The summed E-state index contributed by atoms with van der Waals surface area (Å²) in [5.41, 5.74) is -0.325. The van der Waals surface area contributed by atoms with Crippen molar-refractivity contribution in [3.63, 3.8) is 0 Å².